The zero-order chi connectivity index (χ0) is 13.4. The number of amides is 1. The Morgan fingerprint density at radius 1 is 1.39 bits per heavy atom. The number of nitrogens with one attached hydrogen (secondary N) is 2. The molecule has 1 rings (SSSR count). The number of rotatable bonds is 7. The first-order chi connectivity index (χ1) is 8.65. The summed E-state index contributed by atoms with van der Waals surface area (Å²) >= 11 is 5.71. The molecule has 1 amide bonds. The Bertz CT molecular complexity index is 402. The van der Waals surface area contributed by atoms with Gasteiger partial charge < -0.3 is 15.4 Å². The molecule has 4 nitrogen and oxygen atoms in total. The maximum Gasteiger partial charge on any atom is 0.254 e. The number of carbonyl (C=O) groups is 1. The van der Waals surface area contributed by atoms with E-state index >= 15 is 0 Å². The Morgan fingerprint density at radius 2 is 2.17 bits per heavy atom. The molecule has 0 saturated carbocycles. The number of carbonyl (C=O) groups excluding carboxylic acids is 1. The largest absolute Gasteiger partial charge is 0.383 e. The van der Waals surface area contributed by atoms with Crippen molar-refractivity contribution in [2.24, 2.45) is 0 Å². The van der Waals surface area contributed by atoms with Crippen molar-refractivity contribution in [1.29, 1.82) is 0 Å². The summed E-state index contributed by atoms with van der Waals surface area (Å²) in [7, 11) is 1.62. The standard InChI is InChI=1S/C12H16ClFN2O2/c1-18-7-6-15-4-5-16-12(17)10-8-9(13)2-3-11(10)14/h2-3,8,15H,4-7H2,1H3,(H,16,17). The van der Waals surface area contributed by atoms with E-state index in [9.17, 15) is 9.18 Å². The molecule has 100 valence electrons. The number of halogens is 2. The Morgan fingerprint density at radius 3 is 2.89 bits per heavy atom. The van der Waals surface area contributed by atoms with Gasteiger partial charge in [0.15, 0.2) is 0 Å². The van der Waals surface area contributed by atoms with Crippen LogP contribution in [-0.2, 0) is 4.74 Å². The lowest BCUT2D eigenvalue weighted by atomic mass is 10.2. The van der Waals surface area contributed by atoms with Crippen molar-refractivity contribution < 1.29 is 13.9 Å². The maximum absolute atomic E-state index is 13.3. The van der Waals surface area contributed by atoms with E-state index in [4.69, 9.17) is 16.3 Å². The van der Waals surface area contributed by atoms with Crippen molar-refractivity contribution in [3.05, 3.63) is 34.6 Å². The third-order valence-corrected chi connectivity index (χ3v) is 2.48. The third kappa shape index (κ3) is 5.00. The zero-order valence-electron chi connectivity index (χ0n) is 10.1. The average Bonchev–Trinajstić information content (AvgIpc) is 2.36. The van der Waals surface area contributed by atoms with Gasteiger partial charge in [-0.1, -0.05) is 11.6 Å². The van der Waals surface area contributed by atoms with E-state index in [-0.39, 0.29) is 5.56 Å². The molecule has 0 radical (unpaired) electrons. The summed E-state index contributed by atoms with van der Waals surface area (Å²) in [5.41, 5.74) is -0.0422. The predicted molar refractivity (Wildman–Crippen MR) is 68.5 cm³/mol. The predicted octanol–water partition coefficient (Wildman–Crippen LogP) is 1.44. The second kappa shape index (κ2) is 8.02. The number of ether oxygens (including phenoxy) is 1. The van der Waals surface area contributed by atoms with Crippen LogP contribution in [0.2, 0.25) is 5.02 Å². The van der Waals surface area contributed by atoms with Crippen molar-refractivity contribution >= 4 is 17.5 Å². The topological polar surface area (TPSA) is 50.4 Å². The summed E-state index contributed by atoms with van der Waals surface area (Å²) in [5.74, 6) is -1.05. The number of hydrogen-bond acceptors (Lipinski definition) is 3. The van der Waals surface area contributed by atoms with E-state index in [2.05, 4.69) is 10.6 Å². The fourth-order valence-electron chi connectivity index (χ4n) is 1.33. The molecule has 1 aromatic rings. The van der Waals surface area contributed by atoms with Crippen LogP contribution in [0.5, 0.6) is 0 Å². The normalized spacial score (nSPS) is 10.4. The van der Waals surface area contributed by atoms with Crippen LogP contribution in [0.4, 0.5) is 4.39 Å². The lowest BCUT2D eigenvalue weighted by molar-refractivity contribution is 0.0949. The van der Waals surface area contributed by atoms with Gasteiger partial charge in [0.1, 0.15) is 5.82 Å². The second-order valence-electron chi connectivity index (χ2n) is 3.62. The van der Waals surface area contributed by atoms with Gasteiger partial charge >= 0.3 is 0 Å². The van der Waals surface area contributed by atoms with Crippen molar-refractivity contribution in [2.45, 2.75) is 0 Å². The van der Waals surface area contributed by atoms with Crippen LogP contribution in [0.15, 0.2) is 18.2 Å². The van der Waals surface area contributed by atoms with Gasteiger partial charge in [-0.25, -0.2) is 4.39 Å². The quantitative estimate of drug-likeness (QED) is 0.740. The van der Waals surface area contributed by atoms with Gasteiger partial charge in [-0.05, 0) is 18.2 Å². The molecule has 0 saturated heterocycles. The van der Waals surface area contributed by atoms with Gasteiger partial charge in [-0.2, -0.15) is 0 Å². The molecule has 2 N–H and O–H groups in total. The molecule has 0 aromatic heterocycles. The van der Waals surface area contributed by atoms with Crippen molar-refractivity contribution in [2.75, 3.05) is 33.4 Å². The summed E-state index contributed by atoms with van der Waals surface area (Å²) in [6, 6.07) is 3.89. The minimum atomic E-state index is -0.579. The molecule has 0 aliphatic carbocycles. The molecule has 6 heteroatoms. The molecule has 18 heavy (non-hydrogen) atoms. The first-order valence-corrected chi connectivity index (χ1v) is 5.96. The molecule has 0 heterocycles. The summed E-state index contributed by atoms with van der Waals surface area (Å²) < 4.78 is 18.2. The lowest BCUT2D eigenvalue weighted by Crippen LogP contribution is -2.33. The smallest absolute Gasteiger partial charge is 0.254 e. The van der Waals surface area contributed by atoms with E-state index in [0.717, 1.165) is 0 Å². The molecular weight excluding hydrogens is 259 g/mol. The van der Waals surface area contributed by atoms with Crippen LogP contribution in [0, 0.1) is 5.82 Å². The van der Waals surface area contributed by atoms with Gasteiger partial charge in [0.2, 0.25) is 0 Å². The molecule has 0 unspecified atom stereocenters. The highest BCUT2D eigenvalue weighted by atomic mass is 35.5. The van der Waals surface area contributed by atoms with Crippen molar-refractivity contribution in [3.8, 4) is 0 Å². The van der Waals surface area contributed by atoms with Crippen LogP contribution in [0.1, 0.15) is 10.4 Å². The van der Waals surface area contributed by atoms with Gasteiger partial charge in [-0.3, -0.25) is 4.79 Å². The number of hydrogen-bond donors (Lipinski definition) is 2. The fraction of sp³-hybridized carbons (Fsp3) is 0.417. The average molecular weight is 275 g/mol. The Labute approximate surface area is 110 Å². The Hall–Kier alpha value is -1.17. The highest BCUT2D eigenvalue weighted by Gasteiger charge is 2.11. The van der Waals surface area contributed by atoms with Gasteiger partial charge in [0.05, 0.1) is 12.2 Å². The van der Waals surface area contributed by atoms with Crippen LogP contribution in [0.3, 0.4) is 0 Å². The van der Waals surface area contributed by atoms with Gasteiger partial charge in [0.25, 0.3) is 5.91 Å². The first-order valence-electron chi connectivity index (χ1n) is 5.58. The molecule has 0 spiro atoms. The first kappa shape index (κ1) is 14.9. The molecule has 0 bridgehead atoms. The van der Waals surface area contributed by atoms with E-state index in [1.807, 2.05) is 0 Å². The van der Waals surface area contributed by atoms with Crippen molar-refractivity contribution in [3.63, 3.8) is 0 Å². The summed E-state index contributed by atoms with van der Waals surface area (Å²) in [6.07, 6.45) is 0. The lowest BCUT2D eigenvalue weighted by Gasteiger charge is -2.07. The Kier molecular flexibility index (Phi) is 6.64. The number of methoxy groups -OCH3 is 1. The highest BCUT2D eigenvalue weighted by molar-refractivity contribution is 6.30. The maximum atomic E-state index is 13.3. The third-order valence-electron chi connectivity index (χ3n) is 2.24. The van der Waals surface area contributed by atoms with Crippen molar-refractivity contribution in [1.82, 2.24) is 10.6 Å². The molecule has 0 atom stereocenters. The minimum absolute atomic E-state index is 0.0422. The van der Waals surface area contributed by atoms with Crippen LogP contribution in [-0.4, -0.2) is 39.3 Å². The molecule has 1 aromatic carbocycles. The van der Waals surface area contributed by atoms with Crippen LogP contribution in [0.25, 0.3) is 0 Å². The summed E-state index contributed by atoms with van der Waals surface area (Å²) in [6.45, 7) is 2.32. The van der Waals surface area contributed by atoms with E-state index in [1.165, 1.54) is 18.2 Å². The molecule has 0 aliphatic rings. The Balaban J connectivity index is 2.34. The SMILES string of the molecule is COCCNCCNC(=O)c1cc(Cl)ccc1F. The highest BCUT2D eigenvalue weighted by Crippen LogP contribution is 2.14. The fourth-order valence-corrected chi connectivity index (χ4v) is 1.50. The second-order valence-corrected chi connectivity index (χ2v) is 4.06. The van der Waals surface area contributed by atoms with E-state index in [0.29, 0.717) is 31.3 Å². The van der Waals surface area contributed by atoms with Gasteiger partial charge in [0, 0.05) is 31.8 Å². The monoisotopic (exact) mass is 274 g/mol. The number of benzene rings is 1. The zero-order valence-corrected chi connectivity index (χ0v) is 10.9. The van der Waals surface area contributed by atoms with Crippen LogP contribution >= 0.6 is 11.6 Å². The molecule has 0 aliphatic heterocycles. The summed E-state index contributed by atoms with van der Waals surface area (Å²) in [4.78, 5) is 11.6. The summed E-state index contributed by atoms with van der Waals surface area (Å²) in [5, 5.41) is 6.00. The van der Waals surface area contributed by atoms with Gasteiger partial charge in [-0.15, -0.1) is 0 Å². The minimum Gasteiger partial charge on any atom is -0.383 e. The molecule has 0 fully saturated rings. The van der Waals surface area contributed by atoms with E-state index < -0.39 is 11.7 Å². The van der Waals surface area contributed by atoms with E-state index in [1.54, 1.807) is 7.11 Å². The molecular formula is C12H16ClFN2O2. The van der Waals surface area contributed by atoms with Crippen LogP contribution < -0.4 is 10.6 Å².